The van der Waals surface area contributed by atoms with Crippen LogP contribution in [0, 0.1) is 0 Å². The Balaban J connectivity index is 1.98. The van der Waals surface area contributed by atoms with Crippen LogP contribution in [-0.4, -0.2) is 13.1 Å². The summed E-state index contributed by atoms with van der Waals surface area (Å²) >= 11 is 0. The molecule has 30 heavy (non-hydrogen) atoms. The fourth-order valence-corrected chi connectivity index (χ4v) is 2.74. The van der Waals surface area contributed by atoms with Crippen molar-refractivity contribution in [3.63, 3.8) is 0 Å². The Labute approximate surface area is 180 Å². The molecule has 0 unspecified atom stereocenters. The summed E-state index contributed by atoms with van der Waals surface area (Å²) in [6, 6.07) is 15.7. The van der Waals surface area contributed by atoms with Gasteiger partial charge in [0.2, 0.25) is 0 Å². The van der Waals surface area contributed by atoms with Crippen LogP contribution in [0.4, 0.5) is 22.7 Å². The molecular formula is C25H31N5. The van der Waals surface area contributed by atoms with E-state index in [-0.39, 0.29) is 0 Å². The maximum Gasteiger partial charge on any atom is 0.0858 e. The lowest BCUT2D eigenvalue weighted by Gasteiger charge is -2.23. The summed E-state index contributed by atoms with van der Waals surface area (Å²) in [7, 11) is 0. The van der Waals surface area contributed by atoms with Gasteiger partial charge in [-0.3, -0.25) is 0 Å². The molecule has 5 heteroatoms. The number of benzene rings is 2. The van der Waals surface area contributed by atoms with Crippen LogP contribution in [0.15, 0.2) is 106 Å². The van der Waals surface area contributed by atoms with Gasteiger partial charge in [0.1, 0.15) is 0 Å². The molecule has 0 bridgehead atoms. The first-order valence-corrected chi connectivity index (χ1v) is 10.3. The van der Waals surface area contributed by atoms with Crippen molar-refractivity contribution < 1.29 is 0 Å². The van der Waals surface area contributed by atoms with Crippen LogP contribution in [0.2, 0.25) is 0 Å². The molecule has 2 rings (SSSR count). The maximum absolute atomic E-state index is 4.33. The molecule has 0 atom stereocenters. The third kappa shape index (κ3) is 7.95. The van der Waals surface area contributed by atoms with Gasteiger partial charge in [-0.05, 0) is 74.4 Å². The third-order valence-electron chi connectivity index (χ3n) is 4.19. The number of hydrogen-bond acceptors (Lipinski definition) is 5. The molecule has 0 aliphatic carbocycles. The topological polar surface area (TPSA) is 52.7 Å². The molecule has 0 heterocycles. The van der Waals surface area contributed by atoms with Gasteiger partial charge in [0.25, 0.3) is 0 Å². The minimum absolute atomic E-state index is 0.571. The van der Waals surface area contributed by atoms with Gasteiger partial charge >= 0.3 is 0 Å². The van der Waals surface area contributed by atoms with E-state index in [4.69, 9.17) is 0 Å². The average molecular weight is 402 g/mol. The van der Waals surface area contributed by atoms with Gasteiger partial charge in [0.05, 0.1) is 22.8 Å². The molecule has 156 valence electrons. The van der Waals surface area contributed by atoms with Crippen LogP contribution >= 0.6 is 0 Å². The minimum atomic E-state index is 0.571. The van der Waals surface area contributed by atoms with E-state index in [9.17, 15) is 0 Å². The van der Waals surface area contributed by atoms with Crippen molar-refractivity contribution in [3.05, 3.63) is 85.1 Å². The van der Waals surface area contributed by atoms with Gasteiger partial charge in [-0.2, -0.15) is 20.5 Å². The predicted molar refractivity (Wildman–Crippen MR) is 127 cm³/mol. The molecule has 5 nitrogen and oxygen atoms in total. The first kappa shape index (κ1) is 22.9. The zero-order valence-corrected chi connectivity index (χ0v) is 18.3. The smallest absolute Gasteiger partial charge is 0.0858 e. The van der Waals surface area contributed by atoms with Gasteiger partial charge < -0.3 is 4.90 Å². The van der Waals surface area contributed by atoms with E-state index in [0.717, 1.165) is 48.6 Å². The number of allylic oxidation sites excluding steroid dienone is 3. The Bertz CT molecular complexity index is 900. The normalized spacial score (nSPS) is 11.6. The van der Waals surface area contributed by atoms with E-state index in [1.165, 1.54) is 5.69 Å². The maximum atomic E-state index is 4.33. The SMILES string of the molecule is C=C(C)/C=C\C(=C)N=Nc1ccc(N=Nc2ccc(N(CCC)CCC)cc2)cc1. The molecule has 0 saturated carbocycles. The zero-order chi connectivity index (χ0) is 21.8. The van der Waals surface area contributed by atoms with E-state index in [1.54, 1.807) is 6.08 Å². The quantitative estimate of drug-likeness (QED) is 0.275. The summed E-state index contributed by atoms with van der Waals surface area (Å²) in [5, 5.41) is 16.9. The highest BCUT2D eigenvalue weighted by Gasteiger charge is 2.04. The van der Waals surface area contributed by atoms with Gasteiger partial charge in [0.15, 0.2) is 0 Å². The fraction of sp³-hybridized carbons (Fsp3) is 0.280. The van der Waals surface area contributed by atoms with Crippen LogP contribution in [0.25, 0.3) is 0 Å². The van der Waals surface area contributed by atoms with Crippen molar-refractivity contribution in [2.24, 2.45) is 20.5 Å². The number of hydrogen-bond donors (Lipinski definition) is 0. The molecule has 0 amide bonds. The monoisotopic (exact) mass is 401 g/mol. The molecule has 2 aromatic rings. The van der Waals surface area contributed by atoms with Crippen molar-refractivity contribution in [2.75, 3.05) is 18.0 Å². The van der Waals surface area contributed by atoms with Crippen LogP contribution in [0.3, 0.4) is 0 Å². The standard InChI is InChI=1S/C25H31N5/c1-6-18-30(19-7-2)25-16-14-24(15-17-25)29-28-23-12-10-22(11-13-23)27-26-21(5)9-8-20(3)4/h8-17H,3,5-7,18-19H2,1-2,4H3/b9-8-,27-26?,29-28?. The van der Waals surface area contributed by atoms with Gasteiger partial charge in [0, 0.05) is 18.8 Å². The first-order valence-electron chi connectivity index (χ1n) is 10.3. The zero-order valence-electron chi connectivity index (χ0n) is 18.3. The first-order chi connectivity index (χ1) is 14.5. The average Bonchev–Trinajstić information content (AvgIpc) is 2.76. The van der Waals surface area contributed by atoms with E-state index in [0.29, 0.717) is 5.70 Å². The molecule has 0 aliphatic heterocycles. The number of nitrogens with zero attached hydrogens (tertiary/aromatic N) is 5. The molecule has 0 fully saturated rings. The number of azo groups is 2. The fourth-order valence-electron chi connectivity index (χ4n) is 2.74. The highest BCUT2D eigenvalue weighted by atomic mass is 15.1. The minimum Gasteiger partial charge on any atom is -0.372 e. The van der Waals surface area contributed by atoms with Crippen LogP contribution in [0.5, 0.6) is 0 Å². The van der Waals surface area contributed by atoms with Gasteiger partial charge in [-0.25, -0.2) is 0 Å². The Morgan fingerprint density at radius 3 is 1.70 bits per heavy atom. The number of rotatable bonds is 11. The van der Waals surface area contributed by atoms with Crippen molar-refractivity contribution in [2.45, 2.75) is 33.6 Å². The summed E-state index contributed by atoms with van der Waals surface area (Å²) < 4.78 is 0. The number of anilines is 1. The van der Waals surface area contributed by atoms with E-state index < -0.39 is 0 Å². The summed E-state index contributed by atoms with van der Waals surface area (Å²) in [5.74, 6) is 0. The van der Waals surface area contributed by atoms with Crippen LogP contribution in [-0.2, 0) is 0 Å². The second kappa shape index (κ2) is 12.3. The van der Waals surface area contributed by atoms with Gasteiger partial charge in [-0.1, -0.05) is 38.7 Å². The molecule has 0 spiro atoms. The third-order valence-corrected chi connectivity index (χ3v) is 4.19. The van der Waals surface area contributed by atoms with Crippen LogP contribution in [0.1, 0.15) is 33.6 Å². The highest BCUT2D eigenvalue weighted by molar-refractivity contribution is 5.53. The molecule has 2 aromatic carbocycles. The predicted octanol–water partition coefficient (Wildman–Crippen LogP) is 8.46. The molecule has 0 N–H and O–H groups in total. The molecule has 0 aromatic heterocycles. The molecule has 0 saturated heterocycles. The summed E-state index contributed by atoms with van der Waals surface area (Å²) in [5.41, 5.74) is 5.06. The second-order valence-corrected chi connectivity index (χ2v) is 7.09. The highest BCUT2D eigenvalue weighted by Crippen LogP contribution is 2.24. The van der Waals surface area contributed by atoms with Crippen molar-refractivity contribution >= 4 is 22.7 Å². The summed E-state index contributed by atoms with van der Waals surface area (Å²) in [4.78, 5) is 2.40. The van der Waals surface area contributed by atoms with Crippen LogP contribution < -0.4 is 4.90 Å². The van der Waals surface area contributed by atoms with E-state index >= 15 is 0 Å². The van der Waals surface area contributed by atoms with E-state index in [2.05, 4.69) is 64.5 Å². The lowest BCUT2D eigenvalue weighted by Crippen LogP contribution is -2.24. The molecule has 0 aliphatic rings. The van der Waals surface area contributed by atoms with Gasteiger partial charge in [-0.15, -0.1) is 0 Å². The van der Waals surface area contributed by atoms with Crippen molar-refractivity contribution in [3.8, 4) is 0 Å². The lowest BCUT2D eigenvalue weighted by atomic mass is 10.2. The largest absolute Gasteiger partial charge is 0.372 e. The molecular weight excluding hydrogens is 370 g/mol. The van der Waals surface area contributed by atoms with Crippen molar-refractivity contribution in [1.29, 1.82) is 0 Å². The van der Waals surface area contributed by atoms with Crippen molar-refractivity contribution in [1.82, 2.24) is 0 Å². The summed E-state index contributed by atoms with van der Waals surface area (Å²) in [6.45, 7) is 16.1. The van der Waals surface area contributed by atoms with E-state index in [1.807, 2.05) is 49.4 Å². The summed E-state index contributed by atoms with van der Waals surface area (Å²) in [6.07, 6.45) is 5.90. The second-order valence-electron chi connectivity index (χ2n) is 7.09. The lowest BCUT2D eigenvalue weighted by molar-refractivity contribution is 0.745. The molecule has 0 radical (unpaired) electrons. The Morgan fingerprint density at radius 2 is 1.23 bits per heavy atom. The Hall–Kier alpha value is -3.34. The Kier molecular flexibility index (Phi) is 9.38. The Morgan fingerprint density at radius 1 is 0.767 bits per heavy atom.